The van der Waals surface area contributed by atoms with Gasteiger partial charge >= 0.3 is 0 Å². The highest BCUT2D eigenvalue weighted by Gasteiger charge is 2.17. The van der Waals surface area contributed by atoms with Gasteiger partial charge in [0, 0.05) is 0 Å². The number of benzene rings is 1. The maximum Gasteiger partial charge on any atom is 0.237 e. The Bertz CT molecular complexity index is 484. The number of amides is 1. The average Bonchev–Trinajstić information content (AvgIpc) is 2.51. The molecule has 1 amide bonds. The third-order valence-corrected chi connectivity index (χ3v) is 4.44. The number of nitrogens with two attached hydrogens (primary N) is 1. The van der Waals surface area contributed by atoms with Crippen molar-refractivity contribution in [2.75, 3.05) is 0 Å². The minimum absolute atomic E-state index is 0.0254. The number of carbonyl (C=O) groups is 1. The predicted octanol–water partition coefficient (Wildman–Crippen LogP) is 3.26. The molecule has 0 saturated carbocycles. The highest BCUT2D eigenvalue weighted by molar-refractivity contribution is 5.81. The zero-order valence-electron chi connectivity index (χ0n) is 13.3. The van der Waals surface area contributed by atoms with Crippen LogP contribution in [0.25, 0.3) is 0 Å². The summed E-state index contributed by atoms with van der Waals surface area (Å²) in [5.74, 6) is -0.0336. The Morgan fingerprint density at radius 3 is 2.71 bits per heavy atom. The molecule has 1 unspecified atom stereocenters. The summed E-state index contributed by atoms with van der Waals surface area (Å²) < 4.78 is 0. The monoisotopic (exact) mass is 288 g/mol. The summed E-state index contributed by atoms with van der Waals surface area (Å²) in [6.07, 6.45) is 7.77. The number of rotatable bonds is 6. The van der Waals surface area contributed by atoms with Crippen LogP contribution in [0.1, 0.15) is 68.7 Å². The molecule has 1 aromatic carbocycles. The SMILES string of the molecule is CCCC[C@H](N)C(=O)NC(C)c1ccc2c(c1)CCCC2. The largest absolute Gasteiger partial charge is 0.348 e. The molecule has 0 aliphatic heterocycles. The fourth-order valence-corrected chi connectivity index (χ4v) is 2.98. The fraction of sp³-hybridized carbons (Fsp3) is 0.611. The predicted molar refractivity (Wildman–Crippen MR) is 87.1 cm³/mol. The van der Waals surface area contributed by atoms with Gasteiger partial charge in [0.1, 0.15) is 0 Å². The number of hydrogen-bond donors (Lipinski definition) is 2. The van der Waals surface area contributed by atoms with E-state index in [0.717, 1.165) is 19.3 Å². The van der Waals surface area contributed by atoms with E-state index in [9.17, 15) is 4.79 Å². The maximum atomic E-state index is 12.1. The zero-order chi connectivity index (χ0) is 15.2. The minimum Gasteiger partial charge on any atom is -0.348 e. The Morgan fingerprint density at radius 1 is 1.29 bits per heavy atom. The highest BCUT2D eigenvalue weighted by Crippen LogP contribution is 2.24. The minimum atomic E-state index is -0.384. The molecule has 3 N–H and O–H groups in total. The molecule has 3 nitrogen and oxygen atoms in total. The van der Waals surface area contributed by atoms with Crippen molar-refractivity contribution in [3.63, 3.8) is 0 Å². The average molecular weight is 288 g/mol. The van der Waals surface area contributed by atoms with Crippen molar-refractivity contribution in [2.24, 2.45) is 5.73 Å². The van der Waals surface area contributed by atoms with Crippen LogP contribution in [-0.4, -0.2) is 11.9 Å². The van der Waals surface area contributed by atoms with Crippen molar-refractivity contribution in [1.29, 1.82) is 0 Å². The number of fused-ring (bicyclic) bond motifs is 1. The Labute approximate surface area is 128 Å². The van der Waals surface area contributed by atoms with E-state index in [-0.39, 0.29) is 18.0 Å². The standard InChI is InChI=1S/C18H28N2O/c1-3-4-9-17(19)18(21)20-13(2)15-11-10-14-7-5-6-8-16(14)12-15/h10-13,17H,3-9,19H2,1-2H3,(H,20,21)/t13?,17-/m0/s1. The van der Waals surface area contributed by atoms with Crippen molar-refractivity contribution >= 4 is 5.91 Å². The van der Waals surface area contributed by atoms with E-state index < -0.39 is 0 Å². The van der Waals surface area contributed by atoms with Gasteiger partial charge in [0.15, 0.2) is 0 Å². The van der Waals surface area contributed by atoms with Crippen LogP contribution in [-0.2, 0) is 17.6 Å². The number of carbonyl (C=O) groups excluding carboxylic acids is 1. The quantitative estimate of drug-likeness (QED) is 0.844. The lowest BCUT2D eigenvalue weighted by Gasteiger charge is -2.21. The molecule has 116 valence electrons. The van der Waals surface area contributed by atoms with Gasteiger partial charge in [0.2, 0.25) is 5.91 Å². The van der Waals surface area contributed by atoms with Crippen molar-refractivity contribution in [3.8, 4) is 0 Å². The normalized spacial score (nSPS) is 16.9. The summed E-state index contributed by atoms with van der Waals surface area (Å²) in [5, 5.41) is 3.05. The lowest BCUT2D eigenvalue weighted by Crippen LogP contribution is -2.41. The second-order valence-corrected chi connectivity index (χ2v) is 6.21. The molecule has 0 radical (unpaired) electrons. The molecule has 0 spiro atoms. The third kappa shape index (κ3) is 4.31. The Hall–Kier alpha value is -1.35. The molecule has 2 rings (SSSR count). The first-order valence-corrected chi connectivity index (χ1v) is 8.29. The molecule has 0 heterocycles. The summed E-state index contributed by atoms with van der Waals surface area (Å²) in [6.45, 7) is 4.15. The van der Waals surface area contributed by atoms with Crippen LogP contribution in [0.15, 0.2) is 18.2 Å². The summed E-state index contributed by atoms with van der Waals surface area (Å²) in [6, 6.07) is 6.27. The molecule has 0 fully saturated rings. The van der Waals surface area contributed by atoms with Crippen LogP contribution in [0.2, 0.25) is 0 Å². The molecule has 2 atom stereocenters. The first-order valence-electron chi connectivity index (χ1n) is 8.29. The number of hydrogen-bond acceptors (Lipinski definition) is 2. The van der Waals surface area contributed by atoms with Crippen molar-refractivity contribution in [3.05, 3.63) is 34.9 Å². The molecular formula is C18H28N2O. The summed E-state index contributed by atoms with van der Waals surface area (Å²) in [7, 11) is 0. The Balaban J connectivity index is 1.96. The van der Waals surface area contributed by atoms with Gasteiger partial charge in [-0.05, 0) is 55.7 Å². The molecule has 0 bridgehead atoms. The summed E-state index contributed by atoms with van der Waals surface area (Å²) in [5.41, 5.74) is 10.0. The van der Waals surface area contributed by atoms with E-state index in [1.165, 1.54) is 42.4 Å². The van der Waals surface area contributed by atoms with E-state index in [1.54, 1.807) is 0 Å². The molecular weight excluding hydrogens is 260 g/mol. The molecule has 0 aromatic heterocycles. The Morgan fingerprint density at radius 2 is 2.00 bits per heavy atom. The van der Waals surface area contributed by atoms with Crippen LogP contribution in [0.5, 0.6) is 0 Å². The van der Waals surface area contributed by atoms with E-state index >= 15 is 0 Å². The van der Waals surface area contributed by atoms with Gasteiger partial charge in [0.05, 0.1) is 12.1 Å². The van der Waals surface area contributed by atoms with Gasteiger partial charge in [0.25, 0.3) is 0 Å². The molecule has 1 aromatic rings. The van der Waals surface area contributed by atoms with Crippen LogP contribution in [0, 0.1) is 0 Å². The molecule has 1 aliphatic carbocycles. The van der Waals surface area contributed by atoms with Gasteiger partial charge in [-0.15, -0.1) is 0 Å². The first kappa shape index (κ1) is 16.0. The van der Waals surface area contributed by atoms with Crippen molar-refractivity contribution in [1.82, 2.24) is 5.32 Å². The van der Waals surface area contributed by atoms with Gasteiger partial charge in [-0.3, -0.25) is 4.79 Å². The lowest BCUT2D eigenvalue weighted by atomic mass is 9.89. The smallest absolute Gasteiger partial charge is 0.237 e. The number of nitrogens with one attached hydrogen (secondary N) is 1. The molecule has 21 heavy (non-hydrogen) atoms. The second kappa shape index (κ2) is 7.60. The van der Waals surface area contributed by atoms with Crippen LogP contribution >= 0.6 is 0 Å². The van der Waals surface area contributed by atoms with E-state index in [1.807, 2.05) is 6.92 Å². The van der Waals surface area contributed by atoms with Crippen molar-refractivity contribution < 1.29 is 4.79 Å². The molecule has 3 heteroatoms. The second-order valence-electron chi connectivity index (χ2n) is 6.21. The zero-order valence-corrected chi connectivity index (χ0v) is 13.3. The summed E-state index contributed by atoms with van der Waals surface area (Å²) in [4.78, 5) is 12.1. The molecule has 0 saturated heterocycles. The van der Waals surface area contributed by atoms with Crippen LogP contribution in [0.3, 0.4) is 0 Å². The third-order valence-electron chi connectivity index (χ3n) is 4.44. The number of aryl methyl sites for hydroxylation is 2. The van der Waals surface area contributed by atoms with Crippen molar-refractivity contribution in [2.45, 2.75) is 70.9 Å². The number of unbranched alkanes of at least 4 members (excludes halogenated alkanes) is 1. The van der Waals surface area contributed by atoms with Gasteiger partial charge in [-0.25, -0.2) is 0 Å². The lowest BCUT2D eigenvalue weighted by molar-refractivity contribution is -0.123. The maximum absolute atomic E-state index is 12.1. The Kier molecular flexibility index (Phi) is 5.80. The van der Waals surface area contributed by atoms with Gasteiger partial charge in [-0.1, -0.05) is 38.0 Å². The molecule has 1 aliphatic rings. The van der Waals surface area contributed by atoms with E-state index in [2.05, 4.69) is 30.4 Å². The first-order chi connectivity index (χ1) is 10.1. The summed E-state index contributed by atoms with van der Waals surface area (Å²) >= 11 is 0. The van der Waals surface area contributed by atoms with Gasteiger partial charge < -0.3 is 11.1 Å². The van der Waals surface area contributed by atoms with Crippen LogP contribution < -0.4 is 11.1 Å². The van der Waals surface area contributed by atoms with E-state index in [0.29, 0.717) is 0 Å². The highest BCUT2D eigenvalue weighted by atomic mass is 16.2. The van der Waals surface area contributed by atoms with Gasteiger partial charge in [-0.2, -0.15) is 0 Å². The topological polar surface area (TPSA) is 55.1 Å². The fourth-order valence-electron chi connectivity index (χ4n) is 2.98. The van der Waals surface area contributed by atoms with E-state index in [4.69, 9.17) is 5.73 Å². The van der Waals surface area contributed by atoms with Crippen LogP contribution in [0.4, 0.5) is 0 Å².